The maximum atomic E-state index is 14.4. The van der Waals surface area contributed by atoms with Crippen LogP contribution in [0.1, 0.15) is 71.6 Å². The summed E-state index contributed by atoms with van der Waals surface area (Å²) >= 11 is 7.18. The van der Waals surface area contributed by atoms with E-state index in [1.54, 1.807) is 6.92 Å². The molecule has 1 aliphatic rings. The molecule has 0 aromatic heterocycles. The largest absolute Gasteiger partial charge is 0.466 e. The molecule has 5 heteroatoms. The van der Waals surface area contributed by atoms with E-state index in [2.05, 4.69) is 6.92 Å². The van der Waals surface area contributed by atoms with E-state index in [1.165, 1.54) is 12.8 Å². The molecule has 1 heterocycles. The van der Waals surface area contributed by atoms with Gasteiger partial charge >= 0.3 is 5.97 Å². The van der Waals surface area contributed by atoms with Gasteiger partial charge in [0.25, 0.3) is 0 Å². The van der Waals surface area contributed by atoms with E-state index in [-0.39, 0.29) is 5.97 Å². The third-order valence-corrected chi connectivity index (χ3v) is 5.54. The molecule has 0 aliphatic carbocycles. The fourth-order valence-corrected chi connectivity index (χ4v) is 4.37. The van der Waals surface area contributed by atoms with Gasteiger partial charge in [0.05, 0.1) is 11.0 Å². The van der Waals surface area contributed by atoms with Gasteiger partial charge in [-0.3, -0.25) is 4.79 Å². The molecule has 22 heavy (non-hydrogen) atoms. The minimum absolute atomic E-state index is 0.161. The van der Waals surface area contributed by atoms with E-state index in [4.69, 9.17) is 16.3 Å². The van der Waals surface area contributed by atoms with Gasteiger partial charge < -0.3 is 4.74 Å². The Morgan fingerprint density at radius 2 is 1.95 bits per heavy atom. The molecule has 0 saturated heterocycles. The predicted octanol–water partition coefficient (Wildman–Crippen LogP) is 6.19. The van der Waals surface area contributed by atoms with E-state index in [0.717, 1.165) is 50.3 Å². The van der Waals surface area contributed by atoms with Crippen LogP contribution in [0.2, 0.25) is 0 Å². The Labute approximate surface area is 143 Å². The van der Waals surface area contributed by atoms with Crippen molar-refractivity contribution in [3.05, 3.63) is 10.4 Å². The monoisotopic (exact) mass is 350 g/mol. The maximum absolute atomic E-state index is 14.4. The molecule has 1 rings (SSSR count). The molecule has 0 saturated carbocycles. The number of alkyl halides is 1. The predicted molar refractivity (Wildman–Crippen MR) is 92.7 cm³/mol. The summed E-state index contributed by atoms with van der Waals surface area (Å²) < 4.78 is 19.9. The second kappa shape index (κ2) is 10.5. The van der Waals surface area contributed by atoms with Gasteiger partial charge in [-0.05, 0) is 32.3 Å². The van der Waals surface area contributed by atoms with Crippen molar-refractivity contribution in [1.82, 2.24) is 0 Å². The van der Waals surface area contributed by atoms with E-state index >= 15 is 0 Å². The number of hydrogen-bond acceptors (Lipinski definition) is 3. The Bertz CT molecular complexity index is 376. The van der Waals surface area contributed by atoms with Crippen LogP contribution in [0, 0.1) is 5.41 Å². The van der Waals surface area contributed by atoms with E-state index in [0.29, 0.717) is 17.4 Å². The molecule has 0 radical (unpaired) electrons. The van der Waals surface area contributed by atoms with Crippen molar-refractivity contribution >= 4 is 29.3 Å². The quantitative estimate of drug-likeness (QED) is 0.328. The normalized spacial score (nSPS) is 24.4. The number of thioether (sulfide) groups is 1. The molecule has 2 nitrogen and oxygen atoms in total. The van der Waals surface area contributed by atoms with Gasteiger partial charge in [0.2, 0.25) is 0 Å². The van der Waals surface area contributed by atoms with E-state index in [1.807, 2.05) is 6.08 Å². The van der Waals surface area contributed by atoms with E-state index < -0.39 is 10.9 Å². The first-order chi connectivity index (χ1) is 10.5. The fraction of sp³-hybridized carbons (Fsp3) is 0.824. The van der Waals surface area contributed by atoms with Crippen molar-refractivity contribution in [2.45, 2.75) is 77.1 Å². The lowest BCUT2D eigenvalue weighted by molar-refractivity contribution is -0.143. The average molecular weight is 351 g/mol. The zero-order chi connectivity index (χ0) is 16.4. The summed E-state index contributed by atoms with van der Waals surface area (Å²) in [5.41, 5.74) is -1.39. The standard InChI is InChI=1S/C17H28ClFO2S/c1-3-5-6-8-11-17(13-14(18)22-16(17)19)12-9-7-10-15(20)21-4-2/h13,16H,3-12H2,1-2H3. The zero-order valence-corrected chi connectivity index (χ0v) is 15.3. The number of hydrogen-bond donors (Lipinski definition) is 0. The highest BCUT2D eigenvalue weighted by atomic mass is 35.5. The zero-order valence-electron chi connectivity index (χ0n) is 13.7. The lowest BCUT2D eigenvalue weighted by Gasteiger charge is -2.29. The summed E-state index contributed by atoms with van der Waals surface area (Å²) in [4.78, 5) is 11.3. The van der Waals surface area contributed by atoms with Crippen LogP contribution in [0.15, 0.2) is 10.4 Å². The van der Waals surface area contributed by atoms with Gasteiger partial charge in [-0.25, -0.2) is 4.39 Å². The summed E-state index contributed by atoms with van der Waals surface area (Å²) in [6, 6.07) is 0. The molecule has 0 amide bonds. The van der Waals surface area contributed by atoms with Gasteiger partial charge in [0.15, 0.2) is 5.50 Å². The Kier molecular flexibility index (Phi) is 9.49. The summed E-state index contributed by atoms with van der Waals surface area (Å²) in [6.45, 7) is 4.40. The van der Waals surface area contributed by atoms with Gasteiger partial charge in [-0.1, -0.05) is 62.4 Å². The number of carbonyl (C=O) groups excluding carboxylic acids is 1. The Hall–Kier alpha value is -0.220. The number of allylic oxidation sites excluding steroid dienone is 1. The smallest absolute Gasteiger partial charge is 0.305 e. The number of unbranched alkanes of at least 4 members (excludes halogenated alkanes) is 4. The van der Waals surface area contributed by atoms with Crippen LogP contribution in [-0.2, 0) is 9.53 Å². The summed E-state index contributed by atoms with van der Waals surface area (Å²) in [7, 11) is 0. The van der Waals surface area contributed by atoms with Crippen molar-refractivity contribution in [1.29, 1.82) is 0 Å². The van der Waals surface area contributed by atoms with Crippen LogP contribution in [-0.4, -0.2) is 18.1 Å². The molecule has 0 aromatic rings. The molecule has 128 valence electrons. The van der Waals surface area contributed by atoms with Crippen LogP contribution >= 0.6 is 23.4 Å². The number of ether oxygens (including phenoxy) is 1. The summed E-state index contributed by atoms with van der Waals surface area (Å²) in [6.07, 6.45) is 10.1. The number of rotatable bonds is 11. The Morgan fingerprint density at radius 3 is 2.50 bits per heavy atom. The van der Waals surface area contributed by atoms with Gasteiger partial charge in [0.1, 0.15) is 0 Å². The first-order valence-electron chi connectivity index (χ1n) is 8.38. The highest BCUT2D eigenvalue weighted by molar-refractivity contribution is 8.05. The van der Waals surface area contributed by atoms with Crippen molar-refractivity contribution in [3.63, 3.8) is 0 Å². The molecular weight excluding hydrogens is 323 g/mol. The SMILES string of the molecule is CCCCCCC1(CCCCC(=O)OCC)C=C(Cl)SC1F. The first kappa shape index (κ1) is 19.8. The van der Waals surface area contributed by atoms with Crippen LogP contribution in [0.3, 0.4) is 0 Å². The molecule has 2 atom stereocenters. The van der Waals surface area contributed by atoms with Crippen LogP contribution < -0.4 is 0 Å². The Morgan fingerprint density at radius 1 is 1.27 bits per heavy atom. The average Bonchev–Trinajstić information content (AvgIpc) is 2.75. The van der Waals surface area contributed by atoms with Crippen LogP contribution in [0.25, 0.3) is 0 Å². The number of esters is 1. The second-order valence-corrected chi connectivity index (χ2v) is 7.66. The topological polar surface area (TPSA) is 26.3 Å². The van der Waals surface area contributed by atoms with Crippen LogP contribution in [0.5, 0.6) is 0 Å². The van der Waals surface area contributed by atoms with Crippen molar-refractivity contribution in [3.8, 4) is 0 Å². The van der Waals surface area contributed by atoms with Crippen molar-refractivity contribution in [2.75, 3.05) is 6.61 Å². The molecular formula is C17H28ClFO2S. The van der Waals surface area contributed by atoms with Crippen LogP contribution in [0.4, 0.5) is 4.39 Å². The minimum atomic E-state index is -0.954. The third kappa shape index (κ3) is 6.49. The summed E-state index contributed by atoms with van der Waals surface area (Å²) in [5.74, 6) is -0.161. The minimum Gasteiger partial charge on any atom is -0.466 e. The first-order valence-corrected chi connectivity index (χ1v) is 9.64. The molecule has 0 spiro atoms. The maximum Gasteiger partial charge on any atom is 0.305 e. The highest BCUT2D eigenvalue weighted by Crippen LogP contribution is 2.53. The lowest BCUT2D eigenvalue weighted by Crippen LogP contribution is -2.25. The van der Waals surface area contributed by atoms with Gasteiger partial charge in [0, 0.05) is 11.8 Å². The number of carbonyl (C=O) groups is 1. The molecule has 2 unspecified atom stereocenters. The highest BCUT2D eigenvalue weighted by Gasteiger charge is 2.42. The van der Waals surface area contributed by atoms with Crippen molar-refractivity contribution < 1.29 is 13.9 Å². The second-order valence-electron chi connectivity index (χ2n) is 5.94. The lowest BCUT2D eigenvalue weighted by atomic mass is 9.79. The summed E-state index contributed by atoms with van der Waals surface area (Å²) in [5, 5.41) is 0. The fourth-order valence-electron chi connectivity index (χ4n) is 2.88. The molecule has 0 N–H and O–H groups in total. The Balaban J connectivity index is 2.44. The molecule has 0 bridgehead atoms. The number of halogens is 2. The van der Waals surface area contributed by atoms with Gasteiger partial charge in [-0.15, -0.1) is 0 Å². The molecule has 1 aliphatic heterocycles. The third-order valence-electron chi connectivity index (χ3n) is 4.14. The van der Waals surface area contributed by atoms with Gasteiger partial charge in [-0.2, -0.15) is 0 Å². The molecule has 0 aromatic carbocycles. The molecule has 0 fully saturated rings. The van der Waals surface area contributed by atoms with Crippen molar-refractivity contribution in [2.24, 2.45) is 5.41 Å². The van der Waals surface area contributed by atoms with E-state index in [9.17, 15) is 9.18 Å².